The largest absolute Gasteiger partial charge is 0.332 e. The molecule has 138 valence electrons. The minimum atomic E-state index is -0.448. The fraction of sp³-hybridized carbons (Fsp3) is 0.389. The summed E-state index contributed by atoms with van der Waals surface area (Å²) >= 11 is 6.14. The van der Waals surface area contributed by atoms with Crippen molar-refractivity contribution in [1.29, 1.82) is 0 Å². The molecule has 0 N–H and O–H groups in total. The molecule has 0 saturated carbocycles. The molecule has 0 aliphatic heterocycles. The molecule has 1 aromatic carbocycles. The molecule has 8 heteroatoms. The number of fused-ring (bicyclic) bond motifs is 1. The highest BCUT2D eigenvalue weighted by Gasteiger charge is 2.20. The third-order valence-electron chi connectivity index (χ3n) is 4.45. The predicted octanol–water partition coefficient (Wildman–Crippen LogP) is 2.94. The topological polar surface area (TPSA) is 61.8 Å². The van der Waals surface area contributed by atoms with Gasteiger partial charge >= 0.3 is 5.69 Å². The zero-order chi connectivity index (χ0) is 19.0. The Balaban J connectivity index is 2.34. The molecule has 0 amide bonds. The van der Waals surface area contributed by atoms with Gasteiger partial charge in [0.1, 0.15) is 11.6 Å². The molecule has 0 spiro atoms. The third-order valence-corrected chi connectivity index (χ3v) is 4.80. The van der Waals surface area contributed by atoms with Crippen molar-refractivity contribution in [3.8, 4) is 0 Å². The van der Waals surface area contributed by atoms with Crippen LogP contribution in [0.25, 0.3) is 11.2 Å². The van der Waals surface area contributed by atoms with E-state index in [2.05, 4.69) is 4.98 Å². The normalized spacial score (nSPS) is 11.4. The molecule has 6 nitrogen and oxygen atoms in total. The number of rotatable bonds is 5. The van der Waals surface area contributed by atoms with Crippen LogP contribution in [0.4, 0.5) is 4.39 Å². The first-order chi connectivity index (χ1) is 12.4. The SMILES string of the molecule is CCCn1c(=O)c2c(nc(C)n2Cc2c(F)cccc2Cl)n(CC)c1=O. The van der Waals surface area contributed by atoms with Crippen LogP contribution in [0.2, 0.25) is 5.02 Å². The highest BCUT2D eigenvalue weighted by molar-refractivity contribution is 6.31. The Morgan fingerprint density at radius 1 is 1.15 bits per heavy atom. The number of benzene rings is 1. The van der Waals surface area contributed by atoms with Gasteiger partial charge in [0.2, 0.25) is 0 Å². The summed E-state index contributed by atoms with van der Waals surface area (Å²) in [5.41, 5.74) is 0.105. The highest BCUT2D eigenvalue weighted by Crippen LogP contribution is 2.22. The Kier molecular flexibility index (Phi) is 5.00. The molecule has 0 bridgehead atoms. The van der Waals surface area contributed by atoms with Crippen LogP contribution in [0.3, 0.4) is 0 Å². The van der Waals surface area contributed by atoms with Crippen molar-refractivity contribution in [2.45, 2.75) is 46.8 Å². The Labute approximate surface area is 154 Å². The van der Waals surface area contributed by atoms with Crippen LogP contribution in [0.1, 0.15) is 31.7 Å². The van der Waals surface area contributed by atoms with Crippen LogP contribution in [0.5, 0.6) is 0 Å². The van der Waals surface area contributed by atoms with Gasteiger partial charge in [-0.2, -0.15) is 0 Å². The lowest BCUT2D eigenvalue weighted by molar-refractivity contribution is 0.569. The summed E-state index contributed by atoms with van der Waals surface area (Å²) in [5.74, 6) is 0.0729. The van der Waals surface area contributed by atoms with E-state index in [0.29, 0.717) is 31.0 Å². The summed E-state index contributed by atoms with van der Waals surface area (Å²) in [6, 6.07) is 4.46. The van der Waals surface area contributed by atoms with Gasteiger partial charge in [-0.15, -0.1) is 0 Å². The van der Waals surface area contributed by atoms with E-state index in [1.807, 2.05) is 13.8 Å². The van der Waals surface area contributed by atoms with E-state index in [1.165, 1.54) is 21.3 Å². The molecule has 0 atom stereocenters. The molecule has 0 aliphatic rings. The van der Waals surface area contributed by atoms with Gasteiger partial charge in [0.15, 0.2) is 11.2 Å². The minimum Gasteiger partial charge on any atom is -0.318 e. The first-order valence-electron chi connectivity index (χ1n) is 8.54. The van der Waals surface area contributed by atoms with E-state index in [1.54, 1.807) is 17.6 Å². The highest BCUT2D eigenvalue weighted by atomic mass is 35.5. The molecule has 3 rings (SSSR count). The molecule has 26 heavy (non-hydrogen) atoms. The van der Waals surface area contributed by atoms with Gasteiger partial charge < -0.3 is 4.57 Å². The van der Waals surface area contributed by atoms with Crippen molar-refractivity contribution in [2.75, 3.05) is 0 Å². The van der Waals surface area contributed by atoms with Crippen molar-refractivity contribution in [1.82, 2.24) is 18.7 Å². The van der Waals surface area contributed by atoms with Crippen molar-refractivity contribution in [2.24, 2.45) is 0 Å². The molecule has 0 radical (unpaired) electrons. The van der Waals surface area contributed by atoms with E-state index in [4.69, 9.17) is 11.6 Å². The number of nitrogens with zero attached hydrogens (tertiary/aromatic N) is 4. The summed E-state index contributed by atoms with van der Waals surface area (Å²) in [6.07, 6.45) is 0.649. The third kappa shape index (κ3) is 2.86. The maximum absolute atomic E-state index is 14.2. The van der Waals surface area contributed by atoms with E-state index in [0.717, 1.165) is 0 Å². The first kappa shape index (κ1) is 18.4. The Hall–Kier alpha value is -2.41. The fourth-order valence-corrected chi connectivity index (χ4v) is 3.36. The van der Waals surface area contributed by atoms with Crippen molar-refractivity contribution >= 4 is 22.8 Å². The van der Waals surface area contributed by atoms with E-state index in [-0.39, 0.29) is 28.3 Å². The van der Waals surface area contributed by atoms with Gasteiger partial charge in [0.25, 0.3) is 5.56 Å². The molecule has 2 aromatic heterocycles. The quantitative estimate of drug-likeness (QED) is 0.685. The lowest BCUT2D eigenvalue weighted by atomic mass is 10.2. The Morgan fingerprint density at radius 3 is 2.50 bits per heavy atom. The van der Waals surface area contributed by atoms with Crippen molar-refractivity contribution in [3.63, 3.8) is 0 Å². The number of aromatic nitrogens is 4. The van der Waals surface area contributed by atoms with Crippen molar-refractivity contribution in [3.05, 3.63) is 61.3 Å². The van der Waals surface area contributed by atoms with Gasteiger partial charge in [-0.25, -0.2) is 14.2 Å². The lowest BCUT2D eigenvalue weighted by Gasteiger charge is -2.12. The van der Waals surface area contributed by atoms with Gasteiger partial charge in [-0.3, -0.25) is 13.9 Å². The van der Waals surface area contributed by atoms with Gasteiger partial charge in [-0.05, 0) is 32.4 Å². The van der Waals surface area contributed by atoms with E-state index >= 15 is 0 Å². The molecule has 0 fully saturated rings. The molecular formula is C18H20ClFN4O2. The molecule has 0 aliphatic carbocycles. The zero-order valence-electron chi connectivity index (χ0n) is 14.9. The summed E-state index contributed by atoms with van der Waals surface area (Å²) in [6.45, 7) is 6.21. The molecule has 3 aromatic rings. The molecule has 0 unspecified atom stereocenters. The van der Waals surface area contributed by atoms with Crippen molar-refractivity contribution < 1.29 is 4.39 Å². The number of halogens is 2. The predicted molar refractivity (Wildman–Crippen MR) is 99.5 cm³/mol. The van der Waals surface area contributed by atoms with Crippen LogP contribution in [0.15, 0.2) is 27.8 Å². The van der Waals surface area contributed by atoms with E-state index in [9.17, 15) is 14.0 Å². The second-order valence-corrected chi connectivity index (χ2v) is 6.51. The Morgan fingerprint density at radius 2 is 1.88 bits per heavy atom. The van der Waals surface area contributed by atoms with Crippen LogP contribution < -0.4 is 11.2 Å². The monoisotopic (exact) mass is 378 g/mol. The Bertz CT molecular complexity index is 1080. The van der Waals surface area contributed by atoms with Crippen LogP contribution >= 0.6 is 11.6 Å². The molecular weight excluding hydrogens is 359 g/mol. The van der Waals surface area contributed by atoms with Crippen LogP contribution in [0, 0.1) is 12.7 Å². The number of imidazole rings is 1. The maximum Gasteiger partial charge on any atom is 0.332 e. The number of hydrogen-bond donors (Lipinski definition) is 0. The second kappa shape index (κ2) is 7.07. The molecule has 0 saturated heterocycles. The van der Waals surface area contributed by atoms with Gasteiger partial charge in [0, 0.05) is 23.7 Å². The average molecular weight is 379 g/mol. The standard InChI is InChI=1S/C18H20ClFN4O2/c1-4-9-23-17(25)15-16(22(5-2)18(23)26)21-11(3)24(15)10-12-13(19)7-6-8-14(12)20/h6-8H,4-5,9-10H2,1-3H3. The van der Waals surface area contributed by atoms with E-state index < -0.39 is 11.4 Å². The number of hydrogen-bond acceptors (Lipinski definition) is 3. The lowest BCUT2D eigenvalue weighted by Crippen LogP contribution is -2.40. The smallest absolute Gasteiger partial charge is 0.318 e. The minimum absolute atomic E-state index is 0.0666. The fourth-order valence-electron chi connectivity index (χ4n) is 3.14. The van der Waals surface area contributed by atoms with Crippen LogP contribution in [-0.4, -0.2) is 18.7 Å². The maximum atomic E-state index is 14.2. The summed E-state index contributed by atoms with van der Waals surface area (Å²) < 4.78 is 18.5. The molecule has 2 heterocycles. The van der Waals surface area contributed by atoms with Gasteiger partial charge in [0.05, 0.1) is 6.54 Å². The second-order valence-electron chi connectivity index (χ2n) is 6.10. The number of aryl methyl sites for hydroxylation is 2. The summed E-state index contributed by atoms with van der Waals surface area (Å²) in [5, 5.41) is 0.281. The van der Waals surface area contributed by atoms with Crippen LogP contribution in [-0.2, 0) is 19.6 Å². The van der Waals surface area contributed by atoms with Gasteiger partial charge in [-0.1, -0.05) is 24.6 Å². The summed E-state index contributed by atoms with van der Waals surface area (Å²) in [4.78, 5) is 30.0. The first-order valence-corrected chi connectivity index (χ1v) is 8.91. The zero-order valence-corrected chi connectivity index (χ0v) is 15.7. The average Bonchev–Trinajstić information content (AvgIpc) is 2.92. The summed E-state index contributed by atoms with van der Waals surface area (Å²) in [7, 11) is 0.